The van der Waals surface area contributed by atoms with Crippen LogP contribution in [-0.4, -0.2) is 55.7 Å². The number of alkyl halides is 3. The number of halogens is 3. The number of Topliss-reactive ketones (excluding diaryl/α,β-unsaturated/α-hetero) is 1. The van der Waals surface area contributed by atoms with Crippen LogP contribution in [0, 0.1) is 11.8 Å². The van der Waals surface area contributed by atoms with Gasteiger partial charge < -0.3 is 4.18 Å². The normalized spacial score (nSPS) is 21.5. The van der Waals surface area contributed by atoms with Crippen molar-refractivity contribution in [2.75, 3.05) is 26.2 Å². The van der Waals surface area contributed by atoms with Crippen molar-refractivity contribution in [2.45, 2.75) is 38.9 Å². The highest BCUT2D eigenvalue weighted by Gasteiger charge is 2.49. The molecule has 1 fully saturated rings. The van der Waals surface area contributed by atoms with Crippen LogP contribution in [0.4, 0.5) is 13.2 Å². The van der Waals surface area contributed by atoms with Gasteiger partial charge in [-0.25, -0.2) is 0 Å². The van der Waals surface area contributed by atoms with E-state index in [1.807, 2.05) is 48.2 Å². The van der Waals surface area contributed by atoms with Crippen LogP contribution in [0.2, 0.25) is 0 Å². The van der Waals surface area contributed by atoms with Crippen LogP contribution >= 0.6 is 0 Å². The summed E-state index contributed by atoms with van der Waals surface area (Å²) in [5.41, 5.74) is -3.00. The van der Waals surface area contributed by atoms with E-state index in [0.717, 1.165) is 25.2 Å². The summed E-state index contributed by atoms with van der Waals surface area (Å²) in [4.78, 5) is 15.7. The average molecular weight is 539 g/mol. The lowest BCUT2D eigenvalue weighted by molar-refractivity contribution is -0.125. The molecule has 0 amide bonds. The van der Waals surface area contributed by atoms with E-state index in [0.29, 0.717) is 31.8 Å². The van der Waals surface area contributed by atoms with Crippen LogP contribution in [0.1, 0.15) is 31.4 Å². The smallest absolute Gasteiger partial charge is 0.381 e. The highest BCUT2D eigenvalue weighted by atomic mass is 32.2. The minimum atomic E-state index is -5.59. The van der Waals surface area contributed by atoms with Crippen LogP contribution < -0.4 is 0 Å². The summed E-state index contributed by atoms with van der Waals surface area (Å²) in [5, 5.41) is 0. The van der Waals surface area contributed by atoms with Crippen molar-refractivity contribution in [1.29, 1.82) is 0 Å². The summed E-state index contributed by atoms with van der Waals surface area (Å²) in [7, 11) is -5.59. The van der Waals surface area contributed by atoms with Crippen molar-refractivity contribution in [1.82, 2.24) is 9.80 Å². The van der Waals surface area contributed by atoms with Crippen molar-refractivity contribution in [2.24, 2.45) is 11.8 Å². The molecule has 2 atom stereocenters. The molecule has 6 nitrogen and oxygen atoms in total. The molecule has 0 aliphatic carbocycles. The molecule has 2 unspecified atom stereocenters. The van der Waals surface area contributed by atoms with Gasteiger partial charge in [-0.2, -0.15) is 21.6 Å². The van der Waals surface area contributed by atoms with E-state index < -0.39 is 21.5 Å². The zero-order valence-corrected chi connectivity index (χ0v) is 21.8. The van der Waals surface area contributed by atoms with Crippen LogP contribution in [0.15, 0.2) is 72.5 Å². The standard InChI is InChI=1S/C14H16F3NO3S.C13H17NO/c1-11-9-18(10-12-5-3-2-4-6-12)8-7-13(11)21-22(19,20)14(15,16)17;1-11-9-14(8-7-13(11)15)10-12-5-3-2-4-6-12/h2-7,11H,8-10H2,1H3;2-6,11H,7-10H2,1H3. The van der Waals surface area contributed by atoms with E-state index in [9.17, 15) is 26.4 Å². The van der Waals surface area contributed by atoms with Gasteiger partial charge in [0.1, 0.15) is 11.5 Å². The van der Waals surface area contributed by atoms with Gasteiger partial charge in [-0.05, 0) is 17.2 Å². The Morgan fingerprint density at radius 1 is 0.865 bits per heavy atom. The second-order valence-corrected chi connectivity index (χ2v) is 11.0. The van der Waals surface area contributed by atoms with Crippen LogP contribution in [0.25, 0.3) is 0 Å². The number of rotatable bonds is 6. The zero-order valence-electron chi connectivity index (χ0n) is 21.0. The second kappa shape index (κ2) is 12.7. The summed E-state index contributed by atoms with van der Waals surface area (Å²) >= 11 is 0. The Morgan fingerprint density at radius 3 is 1.86 bits per heavy atom. The summed E-state index contributed by atoms with van der Waals surface area (Å²) < 4.78 is 63.3. The Labute approximate surface area is 216 Å². The highest BCUT2D eigenvalue weighted by molar-refractivity contribution is 7.87. The van der Waals surface area contributed by atoms with E-state index in [1.165, 1.54) is 11.6 Å². The molecule has 2 aliphatic rings. The van der Waals surface area contributed by atoms with E-state index in [1.54, 1.807) is 6.92 Å². The molecule has 1 saturated heterocycles. The number of piperidine rings is 1. The van der Waals surface area contributed by atoms with Crippen LogP contribution in [0.3, 0.4) is 0 Å². The molecule has 2 aromatic carbocycles. The molecule has 0 saturated carbocycles. The van der Waals surface area contributed by atoms with Gasteiger partial charge in [0.2, 0.25) is 0 Å². The Kier molecular flexibility index (Phi) is 9.92. The molecule has 0 radical (unpaired) electrons. The van der Waals surface area contributed by atoms with E-state index in [-0.39, 0.29) is 11.7 Å². The molecule has 2 aromatic rings. The summed E-state index contributed by atoms with van der Waals surface area (Å²) in [6.45, 7) is 7.86. The first-order valence-corrected chi connectivity index (χ1v) is 13.6. The van der Waals surface area contributed by atoms with Crippen molar-refractivity contribution in [3.05, 3.63) is 83.6 Å². The monoisotopic (exact) mass is 538 g/mol. The van der Waals surface area contributed by atoms with E-state index in [2.05, 4.69) is 33.3 Å². The minimum Gasteiger partial charge on any atom is -0.381 e. The lowest BCUT2D eigenvalue weighted by Gasteiger charge is -2.30. The van der Waals surface area contributed by atoms with Crippen LogP contribution in [-0.2, 0) is 32.2 Å². The van der Waals surface area contributed by atoms with E-state index >= 15 is 0 Å². The van der Waals surface area contributed by atoms with Gasteiger partial charge in [-0.15, -0.1) is 0 Å². The zero-order chi connectivity index (χ0) is 27.1. The lowest BCUT2D eigenvalue weighted by Crippen LogP contribution is -2.38. The molecule has 10 heteroatoms. The molecule has 202 valence electrons. The molecular weight excluding hydrogens is 505 g/mol. The number of hydrogen-bond donors (Lipinski definition) is 0. The van der Waals surface area contributed by atoms with E-state index in [4.69, 9.17) is 0 Å². The summed E-state index contributed by atoms with van der Waals surface area (Å²) in [5.74, 6) is 0.0398. The first-order valence-electron chi connectivity index (χ1n) is 12.2. The number of likely N-dealkylation sites (tertiary alicyclic amines) is 1. The number of nitrogens with zero attached hydrogens (tertiary/aromatic N) is 2. The van der Waals surface area contributed by atoms with Gasteiger partial charge in [-0.3, -0.25) is 14.6 Å². The molecule has 0 spiro atoms. The molecule has 2 heterocycles. The largest absolute Gasteiger partial charge is 0.534 e. The number of benzene rings is 2. The number of hydrogen-bond acceptors (Lipinski definition) is 6. The Morgan fingerprint density at radius 2 is 1.38 bits per heavy atom. The molecular formula is C27H33F3N2O4S. The third-order valence-electron chi connectivity index (χ3n) is 6.31. The van der Waals surface area contributed by atoms with Crippen molar-refractivity contribution in [3.8, 4) is 0 Å². The maximum Gasteiger partial charge on any atom is 0.534 e. The van der Waals surface area contributed by atoms with Crippen molar-refractivity contribution in [3.63, 3.8) is 0 Å². The van der Waals surface area contributed by atoms with Gasteiger partial charge >= 0.3 is 15.6 Å². The Hall–Kier alpha value is -2.69. The molecule has 0 bridgehead atoms. The Bertz CT molecular complexity index is 1160. The SMILES string of the molecule is CC1CN(Cc2ccccc2)CC=C1OS(=O)(=O)C(F)(F)F.CC1CN(Cc2ccccc2)CCC1=O. The molecule has 37 heavy (non-hydrogen) atoms. The summed E-state index contributed by atoms with van der Waals surface area (Å²) in [6, 6.07) is 20.1. The predicted octanol–water partition coefficient (Wildman–Crippen LogP) is 4.99. The molecule has 4 rings (SSSR count). The fraction of sp³-hybridized carbons (Fsp3) is 0.444. The van der Waals surface area contributed by atoms with Crippen LogP contribution in [0.5, 0.6) is 0 Å². The average Bonchev–Trinajstić information content (AvgIpc) is 2.84. The third kappa shape index (κ3) is 8.69. The van der Waals surface area contributed by atoms with Gasteiger partial charge in [0.15, 0.2) is 0 Å². The van der Waals surface area contributed by atoms with Crippen molar-refractivity contribution >= 4 is 15.9 Å². The third-order valence-corrected chi connectivity index (χ3v) is 7.29. The van der Waals surface area contributed by atoms with Gasteiger partial charge in [0.25, 0.3) is 0 Å². The predicted molar refractivity (Wildman–Crippen MR) is 136 cm³/mol. The topological polar surface area (TPSA) is 66.9 Å². The quantitative estimate of drug-likeness (QED) is 0.382. The van der Waals surface area contributed by atoms with Gasteiger partial charge in [-0.1, -0.05) is 74.5 Å². The van der Waals surface area contributed by atoms with Gasteiger partial charge in [0, 0.05) is 57.5 Å². The molecule has 2 aliphatic heterocycles. The minimum absolute atomic E-state index is 0.151. The maximum absolute atomic E-state index is 12.3. The second-order valence-electron chi connectivity index (χ2n) is 9.51. The first-order chi connectivity index (χ1) is 17.4. The number of ketones is 1. The molecule has 0 N–H and O–H groups in total. The first kappa shape index (κ1) is 28.9. The lowest BCUT2D eigenvalue weighted by atomic mass is 9.98. The highest BCUT2D eigenvalue weighted by Crippen LogP contribution is 2.30. The maximum atomic E-state index is 12.3. The van der Waals surface area contributed by atoms with Crippen molar-refractivity contribution < 1.29 is 30.6 Å². The number of carbonyl (C=O) groups is 1. The summed E-state index contributed by atoms with van der Waals surface area (Å²) in [6.07, 6.45) is 2.11. The fourth-order valence-electron chi connectivity index (χ4n) is 4.31. The fourth-order valence-corrected chi connectivity index (χ4v) is 4.89. The molecule has 0 aromatic heterocycles. The Balaban J connectivity index is 0.000000220. The van der Waals surface area contributed by atoms with Gasteiger partial charge in [0.05, 0.1) is 0 Å². The number of carbonyl (C=O) groups excluding carboxylic acids is 1.